The van der Waals surface area contributed by atoms with Crippen molar-refractivity contribution in [3.8, 4) is 0 Å². The molecule has 1 aromatic rings. The lowest BCUT2D eigenvalue weighted by atomic mass is 10.1. The van der Waals surface area contributed by atoms with E-state index >= 15 is 0 Å². The van der Waals surface area contributed by atoms with Crippen LogP contribution in [0.2, 0.25) is 5.02 Å². The molecule has 1 aromatic heterocycles. The molecule has 1 unspecified atom stereocenters. The molecule has 1 rings (SSSR count). The highest BCUT2D eigenvalue weighted by atomic mass is 35.5. The van der Waals surface area contributed by atoms with Crippen LogP contribution in [0.3, 0.4) is 0 Å². The molecule has 0 aliphatic carbocycles. The second kappa shape index (κ2) is 6.45. The molecule has 0 radical (unpaired) electrons. The number of aromatic nitrogens is 1. The third-order valence-electron chi connectivity index (χ3n) is 2.10. The van der Waals surface area contributed by atoms with Crippen molar-refractivity contribution in [3.05, 3.63) is 23.4 Å². The summed E-state index contributed by atoms with van der Waals surface area (Å²) in [6.45, 7) is 2.04. The van der Waals surface area contributed by atoms with Gasteiger partial charge in [-0.05, 0) is 18.6 Å². The van der Waals surface area contributed by atoms with Crippen molar-refractivity contribution in [2.24, 2.45) is 5.73 Å². The van der Waals surface area contributed by atoms with E-state index in [0.717, 1.165) is 12.8 Å². The van der Waals surface area contributed by atoms with Gasteiger partial charge in [-0.15, -0.1) is 0 Å². The largest absolute Gasteiger partial charge is 0.327 e. The number of rotatable bonds is 5. The number of amides is 1. The first-order valence-electron chi connectivity index (χ1n) is 5.28. The van der Waals surface area contributed by atoms with Gasteiger partial charge in [-0.25, -0.2) is 4.98 Å². The summed E-state index contributed by atoms with van der Waals surface area (Å²) >= 11 is 5.68. The number of nitrogens with two attached hydrogens (primary N) is 1. The molecule has 0 fully saturated rings. The molecule has 0 spiro atoms. The van der Waals surface area contributed by atoms with Gasteiger partial charge in [0.2, 0.25) is 5.91 Å². The van der Waals surface area contributed by atoms with E-state index in [1.165, 1.54) is 6.20 Å². The van der Waals surface area contributed by atoms with Gasteiger partial charge in [0.05, 0.1) is 5.02 Å². The van der Waals surface area contributed by atoms with Crippen LogP contribution in [0.25, 0.3) is 0 Å². The molecule has 88 valence electrons. The van der Waals surface area contributed by atoms with Gasteiger partial charge in [-0.3, -0.25) is 4.79 Å². The summed E-state index contributed by atoms with van der Waals surface area (Å²) < 4.78 is 0. The number of nitrogens with zero attached hydrogens (tertiary/aromatic N) is 1. The first-order valence-corrected chi connectivity index (χ1v) is 5.66. The molecular weight excluding hydrogens is 226 g/mol. The minimum absolute atomic E-state index is 0.0858. The van der Waals surface area contributed by atoms with Crippen LogP contribution in [-0.2, 0) is 4.79 Å². The Bertz CT molecular complexity index is 340. The zero-order valence-corrected chi connectivity index (χ0v) is 10.00. The van der Waals surface area contributed by atoms with Crippen LogP contribution in [0.4, 0.5) is 5.82 Å². The third kappa shape index (κ3) is 4.59. The fourth-order valence-electron chi connectivity index (χ4n) is 1.35. The predicted octanol–water partition coefficient (Wildman–Crippen LogP) is 2.19. The number of carbonyl (C=O) groups excluding carboxylic acids is 1. The van der Waals surface area contributed by atoms with Crippen molar-refractivity contribution >= 4 is 23.3 Å². The minimum atomic E-state index is -0.115. The molecule has 0 aliphatic heterocycles. The van der Waals surface area contributed by atoms with Crippen molar-refractivity contribution in [2.75, 3.05) is 5.32 Å². The summed E-state index contributed by atoms with van der Waals surface area (Å²) in [6, 6.07) is 3.25. The number of hydrogen-bond donors (Lipinski definition) is 2. The molecule has 5 heteroatoms. The minimum Gasteiger partial charge on any atom is -0.327 e. The number of anilines is 1. The fraction of sp³-hybridized carbons (Fsp3) is 0.455. The van der Waals surface area contributed by atoms with Gasteiger partial charge in [-0.2, -0.15) is 0 Å². The Balaban J connectivity index is 2.42. The second-order valence-electron chi connectivity index (χ2n) is 3.66. The maximum absolute atomic E-state index is 11.5. The average molecular weight is 242 g/mol. The molecule has 16 heavy (non-hydrogen) atoms. The van der Waals surface area contributed by atoms with Gasteiger partial charge in [-0.1, -0.05) is 24.9 Å². The van der Waals surface area contributed by atoms with E-state index in [1.807, 2.05) is 6.92 Å². The Morgan fingerprint density at radius 3 is 2.94 bits per heavy atom. The molecule has 0 saturated carbocycles. The topological polar surface area (TPSA) is 68.0 Å². The molecule has 0 saturated heterocycles. The Morgan fingerprint density at radius 2 is 2.38 bits per heavy atom. The highest BCUT2D eigenvalue weighted by Gasteiger charge is 2.09. The van der Waals surface area contributed by atoms with Crippen LogP contribution in [0, 0.1) is 0 Å². The van der Waals surface area contributed by atoms with Crippen molar-refractivity contribution in [2.45, 2.75) is 32.2 Å². The summed E-state index contributed by atoms with van der Waals surface area (Å²) in [4.78, 5) is 15.5. The van der Waals surface area contributed by atoms with Crippen molar-refractivity contribution < 1.29 is 4.79 Å². The summed E-state index contributed by atoms with van der Waals surface area (Å²) in [7, 11) is 0. The lowest BCUT2D eigenvalue weighted by molar-refractivity contribution is -0.116. The standard InChI is InChI=1S/C11H16ClN3O/c1-2-3-9(13)6-11(16)15-10-5-4-8(12)7-14-10/h4-5,7,9H,2-3,6,13H2,1H3,(H,14,15,16). The highest BCUT2D eigenvalue weighted by molar-refractivity contribution is 6.30. The Hall–Kier alpha value is -1.13. The summed E-state index contributed by atoms with van der Waals surface area (Å²) in [6.07, 6.45) is 3.64. The van der Waals surface area contributed by atoms with Gasteiger partial charge in [0.1, 0.15) is 5.82 Å². The predicted molar refractivity (Wildman–Crippen MR) is 65.4 cm³/mol. The second-order valence-corrected chi connectivity index (χ2v) is 4.10. The lowest BCUT2D eigenvalue weighted by Crippen LogP contribution is -2.27. The SMILES string of the molecule is CCCC(N)CC(=O)Nc1ccc(Cl)cn1. The van der Waals surface area contributed by atoms with E-state index in [1.54, 1.807) is 12.1 Å². The zero-order chi connectivity index (χ0) is 12.0. The normalized spacial score (nSPS) is 12.2. The number of hydrogen-bond acceptors (Lipinski definition) is 3. The number of carbonyl (C=O) groups is 1. The monoisotopic (exact) mass is 241 g/mol. The van der Waals surface area contributed by atoms with Crippen molar-refractivity contribution in [1.29, 1.82) is 0 Å². The van der Waals surface area contributed by atoms with Crippen LogP contribution in [0.15, 0.2) is 18.3 Å². The molecule has 1 atom stereocenters. The van der Waals surface area contributed by atoms with Crippen LogP contribution in [0.5, 0.6) is 0 Å². The van der Waals surface area contributed by atoms with Crippen LogP contribution in [-0.4, -0.2) is 16.9 Å². The molecule has 0 aromatic carbocycles. The molecule has 4 nitrogen and oxygen atoms in total. The Morgan fingerprint density at radius 1 is 1.62 bits per heavy atom. The van der Waals surface area contributed by atoms with E-state index in [4.69, 9.17) is 17.3 Å². The molecular formula is C11H16ClN3O. The van der Waals surface area contributed by atoms with E-state index < -0.39 is 0 Å². The van der Waals surface area contributed by atoms with Crippen LogP contribution >= 0.6 is 11.6 Å². The first kappa shape index (κ1) is 12.9. The van der Waals surface area contributed by atoms with Gasteiger partial charge in [0.25, 0.3) is 0 Å². The summed E-state index contributed by atoms with van der Waals surface area (Å²) in [5, 5.41) is 3.21. The van der Waals surface area contributed by atoms with Crippen LogP contribution < -0.4 is 11.1 Å². The Labute approximate surface area is 100 Å². The highest BCUT2D eigenvalue weighted by Crippen LogP contribution is 2.10. The van der Waals surface area contributed by atoms with Gasteiger partial charge in [0, 0.05) is 18.7 Å². The maximum atomic E-state index is 11.5. The summed E-state index contributed by atoms with van der Waals surface area (Å²) in [5.74, 6) is 0.383. The first-order chi connectivity index (χ1) is 7.61. The maximum Gasteiger partial charge on any atom is 0.227 e. The molecule has 1 heterocycles. The molecule has 1 amide bonds. The van der Waals surface area contributed by atoms with E-state index in [0.29, 0.717) is 17.3 Å². The van der Waals surface area contributed by atoms with Gasteiger partial charge < -0.3 is 11.1 Å². The Kier molecular flexibility index (Phi) is 5.22. The van der Waals surface area contributed by atoms with E-state index in [2.05, 4.69) is 10.3 Å². The third-order valence-corrected chi connectivity index (χ3v) is 2.33. The molecule has 3 N–H and O–H groups in total. The molecule has 0 aliphatic rings. The van der Waals surface area contributed by atoms with E-state index in [9.17, 15) is 4.79 Å². The van der Waals surface area contributed by atoms with Crippen molar-refractivity contribution in [3.63, 3.8) is 0 Å². The van der Waals surface area contributed by atoms with Gasteiger partial charge in [0.15, 0.2) is 0 Å². The smallest absolute Gasteiger partial charge is 0.227 e. The average Bonchev–Trinajstić information content (AvgIpc) is 2.21. The zero-order valence-electron chi connectivity index (χ0n) is 9.24. The summed E-state index contributed by atoms with van der Waals surface area (Å²) in [5.41, 5.74) is 5.76. The number of nitrogens with one attached hydrogen (secondary N) is 1. The quantitative estimate of drug-likeness (QED) is 0.830. The van der Waals surface area contributed by atoms with Crippen molar-refractivity contribution in [1.82, 2.24) is 4.98 Å². The fourth-order valence-corrected chi connectivity index (χ4v) is 1.47. The molecule has 0 bridgehead atoms. The number of halogens is 1. The van der Waals surface area contributed by atoms with Gasteiger partial charge >= 0.3 is 0 Å². The number of pyridine rings is 1. The van der Waals surface area contributed by atoms with E-state index in [-0.39, 0.29) is 11.9 Å². The lowest BCUT2D eigenvalue weighted by Gasteiger charge is -2.09. The van der Waals surface area contributed by atoms with Crippen LogP contribution in [0.1, 0.15) is 26.2 Å².